The van der Waals surface area contributed by atoms with Gasteiger partial charge in [0.1, 0.15) is 13.2 Å². The fraction of sp³-hybridized carbons (Fsp3) is 0.381. The molecule has 1 fully saturated rings. The second-order valence-corrected chi connectivity index (χ2v) is 7.52. The molecule has 0 unspecified atom stereocenters. The summed E-state index contributed by atoms with van der Waals surface area (Å²) in [6, 6.07) is 13.6. The van der Waals surface area contributed by atoms with E-state index in [-0.39, 0.29) is 5.91 Å². The van der Waals surface area contributed by atoms with Gasteiger partial charge in [0.2, 0.25) is 5.91 Å². The molecular formula is C21H22ClNO3. The first-order valence-electron chi connectivity index (χ1n) is 8.99. The van der Waals surface area contributed by atoms with Crippen LogP contribution in [-0.2, 0) is 16.8 Å². The predicted molar refractivity (Wildman–Crippen MR) is 101 cm³/mol. The molecule has 0 atom stereocenters. The maximum atomic E-state index is 13.3. The number of nitrogens with zero attached hydrogens (tertiary/aromatic N) is 1. The van der Waals surface area contributed by atoms with Crippen LogP contribution >= 0.6 is 11.6 Å². The first-order valence-corrected chi connectivity index (χ1v) is 9.36. The Kier molecular flexibility index (Phi) is 4.53. The van der Waals surface area contributed by atoms with Crippen LogP contribution in [0.5, 0.6) is 11.5 Å². The van der Waals surface area contributed by atoms with Crippen molar-refractivity contribution in [1.29, 1.82) is 0 Å². The van der Waals surface area contributed by atoms with Crippen molar-refractivity contribution in [2.75, 3.05) is 20.3 Å². The fourth-order valence-electron chi connectivity index (χ4n) is 3.84. The van der Waals surface area contributed by atoms with E-state index < -0.39 is 5.41 Å². The van der Waals surface area contributed by atoms with E-state index >= 15 is 0 Å². The van der Waals surface area contributed by atoms with Gasteiger partial charge in [0.05, 0.1) is 5.41 Å². The summed E-state index contributed by atoms with van der Waals surface area (Å²) in [6.45, 7) is 1.67. The highest BCUT2D eigenvalue weighted by atomic mass is 35.5. The lowest BCUT2D eigenvalue weighted by atomic mass is 9.63. The third-order valence-electron chi connectivity index (χ3n) is 5.37. The molecule has 26 heavy (non-hydrogen) atoms. The van der Waals surface area contributed by atoms with E-state index in [0.717, 1.165) is 41.9 Å². The van der Waals surface area contributed by atoms with E-state index in [0.29, 0.717) is 24.8 Å². The molecule has 0 spiro atoms. The quantitative estimate of drug-likeness (QED) is 0.808. The van der Waals surface area contributed by atoms with Gasteiger partial charge in [0.15, 0.2) is 11.5 Å². The lowest BCUT2D eigenvalue weighted by Crippen LogP contribution is -2.49. The minimum Gasteiger partial charge on any atom is -0.486 e. The number of fused-ring (bicyclic) bond motifs is 1. The highest BCUT2D eigenvalue weighted by Gasteiger charge is 2.47. The summed E-state index contributed by atoms with van der Waals surface area (Å²) in [4.78, 5) is 15.1. The monoisotopic (exact) mass is 371 g/mol. The van der Waals surface area contributed by atoms with Gasteiger partial charge in [-0.05, 0) is 48.2 Å². The first-order chi connectivity index (χ1) is 12.6. The number of halogens is 1. The van der Waals surface area contributed by atoms with Crippen molar-refractivity contribution in [1.82, 2.24) is 4.90 Å². The highest BCUT2D eigenvalue weighted by molar-refractivity contribution is 6.30. The number of benzene rings is 2. The topological polar surface area (TPSA) is 38.8 Å². The largest absolute Gasteiger partial charge is 0.486 e. The van der Waals surface area contributed by atoms with Crippen molar-refractivity contribution in [2.45, 2.75) is 31.2 Å². The number of likely N-dealkylation sites (N-methyl/N-ethyl adjacent to an activating group) is 1. The Labute approximate surface area is 158 Å². The van der Waals surface area contributed by atoms with Crippen LogP contribution in [0.25, 0.3) is 0 Å². The second kappa shape index (κ2) is 6.84. The van der Waals surface area contributed by atoms with Crippen LogP contribution in [0.1, 0.15) is 30.4 Å². The van der Waals surface area contributed by atoms with E-state index in [1.54, 1.807) is 0 Å². The Morgan fingerprint density at radius 2 is 1.88 bits per heavy atom. The molecule has 5 heteroatoms. The molecule has 0 saturated heterocycles. The number of ether oxygens (including phenoxy) is 2. The Morgan fingerprint density at radius 1 is 1.12 bits per heavy atom. The molecule has 0 radical (unpaired) electrons. The van der Waals surface area contributed by atoms with Crippen LogP contribution in [0.3, 0.4) is 0 Å². The summed E-state index contributed by atoms with van der Waals surface area (Å²) in [5.41, 5.74) is 1.62. The van der Waals surface area contributed by atoms with E-state index in [2.05, 4.69) is 0 Å². The molecule has 136 valence electrons. The molecule has 2 aliphatic rings. The van der Waals surface area contributed by atoms with Gasteiger partial charge in [-0.25, -0.2) is 0 Å². The number of rotatable bonds is 4. The molecule has 0 bridgehead atoms. The molecule has 1 saturated carbocycles. The van der Waals surface area contributed by atoms with E-state index in [4.69, 9.17) is 21.1 Å². The molecule has 1 amide bonds. The van der Waals surface area contributed by atoms with Gasteiger partial charge in [-0.3, -0.25) is 4.79 Å². The van der Waals surface area contributed by atoms with Crippen molar-refractivity contribution >= 4 is 17.5 Å². The normalized spacial score (nSPS) is 17.3. The summed E-state index contributed by atoms with van der Waals surface area (Å²) in [6.07, 6.45) is 2.81. The molecule has 1 heterocycles. The zero-order valence-electron chi connectivity index (χ0n) is 14.8. The average Bonchev–Trinajstić information content (AvgIpc) is 2.60. The van der Waals surface area contributed by atoms with E-state index in [9.17, 15) is 4.79 Å². The van der Waals surface area contributed by atoms with E-state index in [1.165, 1.54) is 0 Å². The van der Waals surface area contributed by atoms with Gasteiger partial charge in [-0.15, -0.1) is 0 Å². The number of carbonyl (C=O) groups excluding carboxylic acids is 1. The summed E-state index contributed by atoms with van der Waals surface area (Å²) in [5, 5.41) is 0.677. The number of hydrogen-bond donors (Lipinski definition) is 0. The third-order valence-corrected chi connectivity index (χ3v) is 5.60. The summed E-state index contributed by atoms with van der Waals surface area (Å²) in [5.74, 6) is 1.67. The predicted octanol–water partition coefficient (Wildman–Crippen LogP) is 4.19. The minimum absolute atomic E-state index is 0.154. The smallest absolute Gasteiger partial charge is 0.233 e. The Balaban J connectivity index is 1.54. The maximum Gasteiger partial charge on any atom is 0.233 e. The lowest BCUT2D eigenvalue weighted by Gasteiger charge is -2.43. The van der Waals surface area contributed by atoms with Crippen LogP contribution in [0.4, 0.5) is 0 Å². The van der Waals surface area contributed by atoms with Crippen LogP contribution < -0.4 is 9.47 Å². The van der Waals surface area contributed by atoms with Gasteiger partial charge < -0.3 is 14.4 Å². The maximum absolute atomic E-state index is 13.3. The summed E-state index contributed by atoms with van der Waals surface area (Å²) >= 11 is 6.16. The zero-order chi connectivity index (χ0) is 18.1. The van der Waals surface area contributed by atoms with Crippen molar-refractivity contribution < 1.29 is 14.3 Å². The van der Waals surface area contributed by atoms with Gasteiger partial charge in [-0.1, -0.05) is 36.2 Å². The van der Waals surface area contributed by atoms with Crippen LogP contribution in [-0.4, -0.2) is 31.1 Å². The third kappa shape index (κ3) is 3.03. The van der Waals surface area contributed by atoms with Gasteiger partial charge in [0.25, 0.3) is 0 Å². The SMILES string of the molecule is CN(Cc1ccc2c(c1)OCCO2)C(=O)C1(c2cccc(Cl)c2)CCC1. The second-order valence-electron chi connectivity index (χ2n) is 7.09. The average molecular weight is 372 g/mol. The fourth-order valence-corrected chi connectivity index (χ4v) is 4.03. The molecule has 1 aliphatic heterocycles. The van der Waals surface area contributed by atoms with Crippen LogP contribution in [0.2, 0.25) is 5.02 Å². The molecule has 4 nitrogen and oxygen atoms in total. The molecule has 1 aliphatic carbocycles. The van der Waals surface area contributed by atoms with Crippen molar-refractivity contribution in [3.05, 3.63) is 58.6 Å². The van der Waals surface area contributed by atoms with Crippen LogP contribution in [0.15, 0.2) is 42.5 Å². The molecule has 0 aromatic heterocycles. The zero-order valence-corrected chi connectivity index (χ0v) is 15.6. The molecule has 4 rings (SSSR count). The van der Waals surface area contributed by atoms with Crippen LogP contribution in [0, 0.1) is 0 Å². The number of hydrogen-bond acceptors (Lipinski definition) is 3. The first kappa shape index (κ1) is 17.2. The Hall–Kier alpha value is -2.20. The Bertz CT molecular complexity index is 832. The van der Waals surface area contributed by atoms with Gasteiger partial charge in [-0.2, -0.15) is 0 Å². The van der Waals surface area contributed by atoms with Gasteiger partial charge in [0, 0.05) is 18.6 Å². The standard InChI is InChI=1S/C21H22ClNO3/c1-23(14-15-6-7-18-19(12-15)26-11-10-25-18)20(24)21(8-3-9-21)16-4-2-5-17(22)13-16/h2,4-7,12-13H,3,8-11,14H2,1H3. The summed E-state index contributed by atoms with van der Waals surface area (Å²) < 4.78 is 11.2. The van der Waals surface area contributed by atoms with Crippen molar-refractivity contribution in [3.63, 3.8) is 0 Å². The van der Waals surface area contributed by atoms with Gasteiger partial charge >= 0.3 is 0 Å². The van der Waals surface area contributed by atoms with Crippen molar-refractivity contribution in [2.24, 2.45) is 0 Å². The highest BCUT2D eigenvalue weighted by Crippen LogP contribution is 2.45. The number of amides is 1. The van der Waals surface area contributed by atoms with E-state index in [1.807, 2.05) is 54.4 Å². The molecule has 2 aromatic carbocycles. The lowest BCUT2D eigenvalue weighted by molar-refractivity contribution is -0.140. The van der Waals surface area contributed by atoms with Crippen molar-refractivity contribution in [3.8, 4) is 11.5 Å². The Morgan fingerprint density at radius 3 is 2.58 bits per heavy atom. The molecule has 0 N–H and O–H groups in total. The number of carbonyl (C=O) groups is 1. The summed E-state index contributed by atoms with van der Waals surface area (Å²) in [7, 11) is 1.86. The molecular weight excluding hydrogens is 350 g/mol. The molecule has 2 aromatic rings. The minimum atomic E-state index is -0.437.